The van der Waals surface area contributed by atoms with Crippen LogP contribution in [0, 0.1) is 0 Å². The van der Waals surface area contributed by atoms with Crippen LogP contribution in [0.1, 0.15) is 51.9 Å². The molecule has 0 spiro atoms. The first-order valence-corrected chi connectivity index (χ1v) is 4.52. The van der Waals surface area contributed by atoms with E-state index in [9.17, 15) is 0 Å². The molecule has 0 heterocycles. The van der Waals surface area contributed by atoms with E-state index in [0.29, 0.717) is 0 Å². The van der Waals surface area contributed by atoms with E-state index in [0.717, 1.165) is 0 Å². The Balaban J connectivity index is 0. The van der Waals surface area contributed by atoms with E-state index >= 15 is 0 Å². The van der Waals surface area contributed by atoms with Crippen LogP contribution in [-0.4, -0.2) is 0 Å². The Morgan fingerprint density at radius 2 is 1.55 bits per heavy atom. The molecular formula is C10H21Cl. The van der Waals surface area contributed by atoms with Gasteiger partial charge in [-0.25, -0.2) is 0 Å². The smallest absolute Gasteiger partial charge is 0.0353 e. The van der Waals surface area contributed by atoms with Crippen molar-refractivity contribution in [3.8, 4) is 0 Å². The zero-order valence-corrected chi connectivity index (χ0v) is 8.46. The van der Waals surface area contributed by atoms with Crippen LogP contribution in [0.15, 0.2) is 12.7 Å². The first-order valence-electron chi connectivity index (χ1n) is 4.52. The van der Waals surface area contributed by atoms with Gasteiger partial charge in [0.2, 0.25) is 0 Å². The van der Waals surface area contributed by atoms with E-state index in [4.69, 9.17) is 0 Å². The summed E-state index contributed by atoms with van der Waals surface area (Å²) in [5.41, 5.74) is 0. The van der Waals surface area contributed by atoms with Gasteiger partial charge in [0.15, 0.2) is 0 Å². The zero-order chi connectivity index (χ0) is 7.66. The zero-order valence-electron chi connectivity index (χ0n) is 7.64. The Morgan fingerprint density at radius 3 is 2.09 bits per heavy atom. The number of unbranched alkanes of at least 4 members (excludes halogenated alkanes) is 6. The average molecular weight is 177 g/mol. The van der Waals surface area contributed by atoms with Crippen molar-refractivity contribution in [1.82, 2.24) is 0 Å². The molecule has 0 aliphatic carbocycles. The third-order valence-electron chi connectivity index (χ3n) is 1.76. The molecule has 1 heteroatoms. The highest BCUT2D eigenvalue weighted by molar-refractivity contribution is 5.85. The van der Waals surface area contributed by atoms with Crippen LogP contribution in [-0.2, 0) is 0 Å². The lowest BCUT2D eigenvalue weighted by atomic mass is 10.1. The molecule has 68 valence electrons. The van der Waals surface area contributed by atoms with E-state index in [1.165, 1.54) is 44.9 Å². The number of hydrogen-bond acceptors (Lipinski definition) is 0. The molecule has 0 radical (unpaired) electrons. The lowest BCUT2D eigenvalue weighted by Gasteiger charge is -1.96. The monoisotopic (exact) mass is 176 g/mol. The number of halogens is 1. The van der Waals surface area contributed by atoms with Crippen molar-refractivity contribution in [1.29, 1.82) is 0 Å². The highest BCUT2D eigenvalue weighted by atomic mass is 35.5. The van der Waals surface area contributed by atoms with Crippen LogP contribution in [0.4, 0.5) is 0 Å². The molecule has 0 atom stereocenters. The van der Waals surface area contributed by atoms with Crippen LogP contribution < -0.4 is 0 Å². The van der Waals surface area contributed by atoms with Crippen molar-refractivity contribution in [2.45, 2.75) is 51.9 Å². The summed E-state index contributed by atoms with van der Waals surface area (Å²) in [6.07, 6.45) is 11.6. The predicted octanol–water partition coefficient (Wildman–Crippen LogP) is 4.34. The van der Waals surface area contributed by atoms with E-state index < -0.39 is 0 Å². The summed E-state index contributed by atoms with van der Waals surface area (Å²) in [4.78, 5) is 0. The molecule has 0 saturated carbocycles. The molecule has 0 fully saturated rings. The maximum absolute atomic E-state index is 3.69. The van der Waals surface area contributed by atoms with Crippen LogP contribution in [0.25, 0.3) is 0 Å². The van der Waals surface area contributed by atoms with Crippen LogP contribution in [0.3, 0.4) is 0 Å². The Hall–Kier alpha value is 0.0300. The molecule has 0 aromatic carbocycles. The van der Waals surface area contributed by atoms with Crippen LogP contribution >= 0.6 is 12.4 Å². The molecule has 0 saturated heterocycles. The summed E-state index contributed by atoms with van der Waals surface area (Å²) in [5.74, 6) is 0. The average Bonchev–Trinajstić information content (AvgIpc) is 1.97. The molecule has 0 bridgehead atoms. The first-order chi connectivity index (χ1) is 4.91. The summed E-state index contributed by atoms with van der Waals surface area (Å²) in [6, 6.07) is 0. The maximum atomic E-state index is 3.69. The van der Waals surface area contributed by atoms with Gasteiger partial charge in [-0.05, 0) is 12.8 Å². The van der Waals surface area contributed by atoms with Gasteiger partial charge in [-0.15, -0.1) is 19.0 Å². The Labute approximate surface area is 77.5 Å². The molecule has 11 heavy (non-hydrogen) atoms. The van der Waals surface area contributed by atoms with Crippen molar-refractivity contribution in [2.24, 2.45) is 0 Å². The molecule has 0 aromatic heterocycles. The van der Waals surface area contributed by atoms with Gasteiger partial charge in [-0.2, -0.15) is 0 Å². The highest BCUT2D eigenvalue weighted by Gasteiger charge is 1.86. The number of rotatable bonds is 7. The minimum atomic E-state index is 0. The third kappa shape index (κ3) is 13.1. The normalized spacial score (nSPS) is 8.82. The van der Waals surface area contributed by atoms with E-state index in [-0.39, 0.29) is 12.4 Å². The van der Waals surface area contributed by atoms with Gasteiger partial charge in [0, 0.05) is 0 Å². The lowest BCUT2D eigenvalue weighted by molar-refractivity contribution is 0.611. The second kappa shape index (κ2) is 12.7. The van der Waals surface area contributed by atoms with Gasteiger partial charge in [0.1, 0.15) is 0 Å². The summed E-state index contributed by atoms with van der Waals surface area (Å²) >= 11 is 0. The van der Waals surface area contributed by atoms with Crippen molar-refractivity contribution >= 4 is 12.4 Å². The summed E-state index contributed by atoms with van der Waals surface area (Å²) in [6.45, 7) is 5.95. The maximum Gasteiger partial charge on any atom is -0.0353 e. The van der Waals surface area contributed by atoms with Crippen molar-refractivity contribution in [3.05, 3.63) is 12.7 Å². The summed E-state index contributed by atoms with van der Waals surface area (Å²) in [7, 11) is 0. The van der Waals surface area contributed by atoms with E-state index in [1.807, 2.05) is 6.08 Å². The Morgan fingerprint density at radius 1 is 1.00 bits per heavy atom. The van der Waals surface area contributed by atoms with Gasteiger partial charge in [0.25, 0.3) is 0 Å². The summed E-state index contributed by atoms with van der Waals surface area (Å²) in [5, 5.41) is 0. The minimum absolute atomic E-state index is 0. The molecule has 0 amide bonds. The predicted molar refractivity (Wildman–Crippen MR) is 55.4 cm³/mol. The van der Waals surface area contributed by atoms with Crippen molar-refractivity contribution < 1.29 is 0 Å². The molecule has 0 rings (SSSR count). The second-order valence-electron chi connectivity index (χ2n) is 2.85. The van der Waals surface area contributed by atoms with Gasteiger partial charge in [0.05, 0.1) is 0 Å². The molecule has 0 aliphatic heterocycles. The highest BCUT2D eigenvalue weighted by Crippen LogP contribution is 2.06. The van der Waals surface area contributed by atoms with Gasteiger partial charge >= 0.3 is 0 Å². The third-order valence-corrected chi connectivity index (χ3v) is 1.76. The SMILES string of the molecule is C=CCCCCCCCC.Cl. The largest absolute Gasteiger partial charge is 0.147 e. The Kier molecular flexibility index (Phi) is 15.7. The molecule has 0 N–H and O–H groups in total. The van der Waals surface area contributed by atoms with Gasteiger partial charge in [-0.1, -0.05) is 45.1 Å². The van der Waals surface area contributed by atoms with E-state index in [1.54, 1.807) is 0 Å². The number of allylic oxidation sites excluding steroid dienone is 1. The molecule has 0 nitrogen and oxygen atoms in total. The van der Waals surface area contributed by atoms with E-state index in [2.05, 4.69) is 13.5 Å². The fourth-order valence-corrected chi connectivity index (χ4v) is 1.07. The van der Waals surface area contributed by atoms with Crippen molar-refractivity contribution in [3.63, 3.8) is 0 Å². The molecular weight excluding hydrogens is 156 g/mol. The van der Waals surface area contributed by atoms with Gasteiger partial charge < -0.3 is 0 Å². The first kappa shape index (κ1) is 13.6. The molecule has 0 unspecified atom stereocenters. The standard InChI is InChI=1S/C10H20.ClH/c1-3-5-7-9-10-8-6-4-2;/h3H,1,4-10H2,2H3;1H. The minimum Gasteiger partial charge on any atom is -0.147 e. The fourth-order valence-electron chi connectivity index (χ4n) is 1.07. The van der Waals surface area contributed by atoms with Gasteiger partial charge in [-0.3, -0.25) is 0 Å². The molecule has 0 aliphatic rings. The summed E-state index contributed by atoms with van der Waals surface area (Å²) < 4.78 is 0. The topological polar surface area (TPSA) is 0 Å². The Bertz CT molecular complexity index is 69.3. The molecule has 0 aromatic rings. The van der Waals surface area contributed by atoms with Crippen LogP contribution in [0.2, 0.25) is 0 Å². The quantitative estimate of drug-likeness (QED) is 0.400. The van der Waals surface area contributed by atoms with Crippen molar-refractivity contribution in [2.75, 3.05) is 0 Å². The fraction of sp³-hybridized carbons (Fsp3) is 0.800. The lowest BCUT2D eigenvalue weighted by Crippen LogP contribution is -1.76. The second-order valence-corrected chi connectivity index (χ2v) is 2.85. The van der Waals surface area contributed by atoms with Crippen LogP contribution in [0.5, 0.6) is 0 Å². The number of hydrogen-bond donors (Lipinski definition) is 0.